The molecule has 1 aromatic rings. The molecule has 86 valence electrons. The summed E-state index contributed by atoms with van der Waals surface area (Å²) >= 11 is 3.60. The van der Waals surface area contributed by atoms with Gasteiger partial charge in [0, 0.05) is 25.1 Å². The molecule has 2 rings (SSSR count). The molecule has 1 aromatic heterocycles. The van der Waals surface area contributed by atoms with Gasteiger partial charge in [-0.15, -0.1) is 0 Å². The molecule has 0 N–H and O–H groups in total. The standard InChI is InChI=1S/C12H15BrN2O/c1-15(10-4-8-14-9-5-10)11(16)12(13)6-2-3-7-12/h4-5,8-9H,2-3,6-7H2,1H3. The summed E-state index contributed by atoms with van der Waals surface area (Å²) in [5.74, 6) is 0.149. The fourth-order valence-electron chi connectivity index (χ4n) is 2.13. The van der Waals surface area contributed by atoms with Gasteiger partial charge in [0.25, 0.3) is 0 Å². The van der Waals surface area contributed by atoms with Gasteiger partial charge in [-0.25, -0.2) is 0 Å². The summed E-state index contributed by atoms with van der Waals surface area (Å²) < 4.78 is -0.342. The van der Waals surface area contributed by atoms with Gasteiger partial charge in [-0.2, -0.15) is 0 Å². The third kappa shape index (κ3) is 2.12. The van der Waals surface area contributed by atoms with Crippen molar-refractivity contribution in [2.45, 2.75) is 30.0 Å². The van der Waals surface area contributed by atoms with Crippen LogP contribution in [0.15, 0.2) is 24.5 Å². The van der Waals surface area contributed by atoms with Crippen LogP contribution in [0.25, 0.3) is 0 Å². The summed E-state index contributed by atoms with van der Waals surface area (Å²) in [6, 6.07) is 3.70. The van der Waals surface area contributed by atoms with Gasteiger partial charge in [0.15, 0.2) is 0 Å². The van der Waals surface area contributed by atoms with E-state index in [1.165, 1.54) is 0 Å². The quantitative estimate of drug-likeness (QED) is 0.782. The van der Waals surface area contributed by atoms with Gasteiger partial charge in [0.1, 0.15) is 4.32 Å². The van der Waals surface area contributed by atoms with Crippen LogP contribution in [0.1, 0.15) is 25.7 Å². The van der Waals surface area contributed by atoms with E-state index in [0.29, 0.717) is 0 Å². The van der Waals surface area contributed by atoms with Gasteiger partial charge in [0.2, 0.25) is 5.91 Å². The molecule has 1 fully saturated rings. The molecule has 0 spiro atoms. The van der Waals surface area contributed by atoms with Gasteiger partial charge < -0.3 is 4.90 Å². The Balaban J connectivity index is 2.16. The average molecular weight is 283 g/mol. The number of halogens is 1. The predicted molar refractivity (Wildman–Crippen MR) is 67.8 cm³/mol. The van der Waals surface area contributed by atoms with Crippen molar-refractivity contribution in [3.05, 3.63) is 24.5 Å². The van der Waals surface area contributed by atoms with Gasteiger partial charge in [0.05, 0.1) is 0 Å². The van der Waals surface area contributed by atoms with E-state index in [1.807, 2.05) is 19.2 Å². The number of aromatic nitrogens is 1. The molecule has 0 unspecified atom stereocenters. The Hall–Kier alpha value is -0.900. The monoisotopic (exact) mass is 282 g/mol. The summed E-state index contributed by atoms with van der Waals surface area (Å²) in [5.41, 5.74) is 0.894. The Bertz CT molecular complexity index is 374. The summed E-state index contributed by atoms with van der Waals surface area (Å²) in [4.78, 5) is 18.0. The van der Waals surface area contributed by atoms with E-state index in [9.17, 15) is 4.79 Å². The average Bonchev–Trinajstić information content (AvgIpc) is 2.77. The second-order valence-electron chi connectivity index (χ2n) is 4.24. The smallest absolute Gasteiger partial charge is 0.243 e. The summed E-state index contributed by atoms with van der Waals surface area (Å²) in [7, 11) is 1.82. The first-order valence-corrected chi connectivity index (χ1v) is 6.30. The van der Waals surface area contributed by atoms with Crippen molar-refractivity contribution >= 4 is 27.5 Å². The highest BCUT2D eigenvalue weighted by Gasteiger charge is 2.40. The van der Waals surface area contributed by atoms with E-state index in [1.54, 1.807) is 17.3 Å². The summed E-state index contributed by atoms with van der Waals surface area (Å²) in [5, 5.41) is 0. The second kappa shape index (κ2) is 4.53. The maximum atomic E-state index is 12.3. The zero-order chi connectivity index (χ0) is 11.6. The van der Waals surface area contributed by atoms with Crippen molar-refractivity contribution in [2.75, 3.05) is 11.9 Å². The molecule has 1 amide bonds. The van der Waals surface area contributed by atoms with Gasteiger partial charge in [-0.05, 0) is 25.0 Å². The maximum Gasteiger partial charge on any atom is 0.243 e. The molecule has 4 heteroatoms. The van der Waals surface area contributed by atoms with Crippen molar-refractivity contribution in [3.8, 4) is 0 Å². The molecule has 0 aromatic carbocycles. The molecule has 1 saturated carbocycles. The van der Waals surface area contributed by atoms with Crippen LogP contribution in [-0.4, -0.2) is 22.3 Å². The molecule has 0 atom stereocenters. The van der Waals surface area contributed by atoms with Crippen LogP contribution in [0.2, 0.25) is 0 Å². The fraction of sp³-hybridized carbons (Fsp3) is 0.500. The van der Waals surface area contributed by atoms with Crippen LogP contribution in [0.4, 0.5) is 5.69 Å². The van der Waals surface area contributed by atoms with Crippen LogP contribution < -0.4 is 4.90 Å². The molecule has 0 bridgehead atoms. The second-order valence-corrected chi connectivity index (χ2v) is 5.76. The number of carbonyl (C=O) groups excluding carboxylic acids is 1. The molecule has 16 heavy (non-hydrogen) atoms. The summed E-state index contributed by atoms with van der Waals surface area (Å²) in [6.07, 6.45) is 7.52. The lowest BCUT2D eigenvalue weighted by Gasteiger charge is -2.27. The van der Waals surface area contributed by atoms with E-state index in [2.05, 4.69) is 20.9 Å². The molecule has 0 aliphatic heterocycles. The minimum atomic E-state index is -0.342. The molecule has 0 saturated heterocycles. The maximum absolute atomic E-state index is 12.3. The van der Waals surface area contributed by atoms with Crippen LogP contribution in [0.3, 0.4) is 0 Å². The number of nitrogens with zero attached hydrogens (tertiary/aromatic N) is 2. The SMILES string of the molecule is CN(C(=O)C1(Br)CCCC1)c1ccncc1. The molecule has 1 heterocycles. The van der Waals surface area contributed by atoms with Crippen molar-refractivity contribution in [1.29, 1.82) is 0 Å². The van der Waals surface area contributed by atoms with Crippen LogP contribution in [-0.2, 0) is 4.79 Å². The number of hydrogen-bond acceptors (Lipinski definition) is 2. The Labute approximate surface area is 104 Å². The number of alkyl halides is 1. The lowest BCUT2D eigenvalue weighted by atomic mass is 10.1. The molecule has 0 radical (unpaired) electrons. The Morgan fingerprint density at radius 3 is 2.50 bits per heavy atom. The Kier molecular flexibility index (Phi) is 3.28. The van der Waals surface area contributed by atoms with E-state index in [0.717, 1.165) is 31.4 Å². The molecular weight excluding hydrogens is 268 g/mol. The van der Waals surface area contributed by atoms with E-state index in [4.69, 9.17) is 0 Å². The largest absolute Gasteiger partial charge is 0.314 e. The predicted octanol–water partition coefficient (Wildman–Crippen LogP) is 2.75. The van der Waals surface area contributed by atoms with E-state index in [-0.39, 0.29) is 10.2 Å². The van der Waals surface area contributed by atoms with Crippen molar-refractivity contribution in [2.24, 2.45) is 0 Å². The molecule has 1 aliphatic carbocycles. The third-order valence-electron chi connectivity index (χ3n) is 3.13. The highest BCUT2D eigenvalue weighted by Crippen LogP contribution is 2.39. The Morgan fingerprint density at radius 2 is 1.94 bits per heavy atom. The lowest BCUT2D eigenvalue weighted by Crippen LogP contribution is -2.41. The zero-order valence-corrected chi connectivity index (χ0v) is 10.9. The topological polar surface area (TPSA) is 33.2 Å². The minimum Gasteiger partial charge on any atom is -0.314 e. The molecule has 1 aliphatic rings. The van der Waals surface area contributed by atoms with Gasteiger partial charge in [-0.1, -0.05) is 28.8 Å². The number of pyridine rings is 1. The fourth-order valence-corrected chi connectivity index (χ4v) is 2.96. The van der Waals surface area contributed by atoms with Crippen molar-refractivity contribution in [3.63, 3.8) is 0 Å². The minimum absolute atomic E-state index is 0.149. The summed E-state index contributed by atoms with van der Waals surface area (Å²) in [6.45, 7) is 0. The van der Waals surface area contributed by atoms with Crippen molar-refractivity contribution < 1.29 is 4.79 Å². The lowest BCUT2D eigenvalue weighted by molar-refractivity contribution is -0.120. The van der Waals surface area contributed by atoms with Gasteiger partial charge in [-0.3, -0.25) is 9.78 Å². The number of anilines is 1. The van der Waals surface area contributed by atoms with E-state index >= 15 is 0 Å². The Morgan fingerprint density at radius 1 is 1.38 bits per heavy atom. The van der Waals surface area contributed by atoms with Crippen molar-refractivity contribution in [1.82, 2.24) is 4.98 Å². The molecular formula is C12H15BrN2O. The first kappa shape index (κ1) is 11.6. The molecule has 3 nitrogen and oxygen atoms in total. The van der Waals surface area contributed by atoms with Crippen LogP contribution in [0, 0.1) is 0 Å². The van der Waals surface area contributed by atoms with Crippen LogP contribution in [0.5, 0.6) is 0 Å². The number of amides is 1. The number of rotatable bonds is 2. The highest BCUT2D eigenvalue weighted by atomic mass is 79.9. The number of hydrogen-bond donors (Lipinski definition) is 0. The number of carbonyl (C=O) groups is 1. The van der Waals surface area contributed by atoms with E-state index < -0.39 is 0 Å². The highest BCUT2D eigenvalue weighted by molar-refractivity contribution is 9.10. The normalized spacial score (nSPS) is 18.4. The van der Waals surface area contributed by atoms with Gasteiger partial charge >= 0.3 is 0 Å². The van der Waals surface area contributed by atoms with Crippen LogP contribution >= 0.6 is 15.9 Å². The first-order valence-electron chi connectivity index (χ1n) is 5.51. The zero-order valence-electron chi connectivity index (χ0n) is 9.32. The third-order valence-corrected chi connectivity index (χ3v) is 4.27. The first-order chi connectivity index (χ1) is 7.63.